The van der Waals surface area contributed by atoms with E-state index in [2.05, 4.69) is 11.8 Å². The van der Waals surface area contributed by atoms with E-state index in [1.54, 1.807) is 0 Å². The fourth-order valence-corrected chi connectivity index (χ4v) is 4.27. The van der Waals surface area contributed by atoms with Crippen LogP contribution < -0.4 is 0 Å². The Balaban J connectivity index is 0.00000133. The Kier molecular flexibility index (Phi) is 5.08. The molecule has 0 aromatic rings. The molecular formula is C16H26ClNO. The summed E-state index contributed by atoms with van der Waals surface area (Å²) in [6.07, 6.45) is 9.34. The normalized spacial score (nSPS) is 31.5. The third-order valence-corrected chi connectivity index (χ3v) is 5.11. The maximum absolute atomic E-state index is 12.0. The number of piperidine rings is 1. The van der Waals surface area contributed by atoms with Gasteiger partial charge in [-0.3, -0.25) is 9.69 Å². The summed E-state index contributed by atoms with van der Waals surface area (Å²) in [5.74, 6) is 1.24. The SMILES string of the molecule is CCCN1CCC[C@@H]2CC3=C(CCCC3=O)C[C@H]21.Cl. The number of hydrogen-bond acceptors (Lipinski definition) is 2. The molecule has 0 radical (unpaired) electrons. The maximum atomic E-state index is 12.0. The first-order valence-electron chi connectivity index (χ1n) is 7.77. The average molecular weight is 284 g/mol. The first kappa shape index (κ1) is 15.1. The third kappa shape index (κ3) is 2.90. The van der Waals surface area contributed by atoms with E-state index < -0.39 is 0 Å². The number of carbonyl (C=O) groups excluding carboxylic acids is 1. The van der Waals surface area contributed by atoms with Crippen molar-refractivity contribution in [2.45, 2.75) is 64.3 Å². The standard InChI is InChI=1S/C16H25NO.ClH/c1-2-8-17-9-4-6-13-10-14-12(11-15(13)17)5-3-7-16(14)18;/h13,15H,2-11H2,1H3;1H/t13-,15-;/m1./s1. The van der Waals surface area contributed by atoms with Crippen LogP contribution in [-0.4, -0.2) is 29.8 Å². The zero-order valence-electron chi connectivity index (χ0n) is 12.0. The molecule has 0 N–H and O–H groups in total. The molecule has 2 aliphatic carbocycles. The van der Waals surface area contributed by atoms with E-state index in [9.17, 15) is 4.79 Å². The van der Waals surface area contributed by atoms with Crippen LogP contribution in [0.4, 0.5) is 0 Å². The van der Waals surface area contributed by atoms with Crippen LogP contribution in [-0.2, 0) is 4.79 Å². The number of likely N-dealkylation sites (tertiary alicyclic amines) is 1. The summed E-state index contributed by atoms with van der Waals surface area (Å²) in [7, 11) is 0. The number of Topliss-reactive ketones (excluding diaryl/α,β-unsaturated/α-hetero) is 1. The Hall–Kier alpha value is -0.340. The molecule has 3 aliphatic rings. The molecule has 0 bridgehead atoms. The van der Waals surface area contributed by atoms with Crippen molar-refractivity contribution in [3.8, 4) is 0 Å². The minimum Gasteiger partial charge on any atom is -0.300 e. The van der Waals surface area contributed by atoms with Gasteiger partial charge in [0.15, 0.2) is 5.78 Å². The average Bonchev–Trinajstić information content (AvgIpc) is 2.38. The number of ketones is 1. The molecule has 2 nitrogen and oxygen atoms in total. The van der Waals surface area contributed by atoms with Gasteiger partial charge in [-0.1, -0.05) is 12.5 Å². The van der Waals surface area contributed by atoms with Gasteiger partial charge in [-0.2, -0.15) is 0 Å². The number of fused-ring (bicyclic) bond motifs is 1. The fraction of sp³-hybridized carbons (Fsp3) is 0.812. The predicted molar refractivity (Wildman–Crippen MR) is 80.7 cm³/mol. The largest absolute Gasteiger partial charge is 0.300 e. The van der Waals surface area contributed by atoms with Gasteiger partial charge in [-0.15, -0.1) is 12.4 Å². The molecule has 0 unspecified atom stereocenters. The van der Waals surface area contributed by atoms with Gasteiger partial charge >= 0.3 is 0 Å². The number of allylic oxidation sites excluding steroid dienone is 1. The number of carbonyl (C=O) groups is 1. The van der Waals surface area contributed by atoms with E-state index in [4.69, 9.17) is 0 Å². The smallest absolute Gasteiger partial charge is 0.158 e. The van der Waals surface area contributed by atoms with Gasteiger partial charge in [0.05, 0.1) is 0 Å². The van der Waals surface area contributed by atoms with Crippen molar-refractivity contribution in [2.24, 2.45) is 5.92 Å². The summed E-state index contributed by atoms with van der Waals surface area (Å²) >= 11 is 0. The second kappa shape index (κ2) is 6.41. The zero-order chi connectivity index (χ0) is 12.5. The fourth-order valence-electron chi connectivity index (χ4n) is 4.27. The van der Waals surface area contributed by atoms with E-state index in [1.165, 1.54) is 56.3 Å². The van der Waals surface area contributed by atoms with Crippen LogP contribution in [0.15, 0.2) is 11.1 Å². The molecule has 3 heteroatoms. The topological polar surface area (TPSA) is 20.3 Å². The predicted octanol–water partition coefficient (Wildman–Crippen LogP) is 3.74. The van der Waals surface area contributed by atoms with Crippen molar-refractivity contribution in [3.05, 3.63) is 11.1 Å². The summed E-state index contributed by atoms with van der Waals surface area (Å²) in [5, 5.41) is 0. The third-order valence-electron chi connectivity index (χ3n) is 5.11. The minimum absolute atomic E-state index is 0. The first-order chi connectivity index (χ1) is 8.79. The van der Waals surface area contributed by atoms with Crippen LogP contribution in [0.5, 0.6) is 0 Å². The van der Waals surface area contributed by atoms with Crippen molar-refractivity contribution in [1.82, 2.24) is 4.90 Å². The lowest BCUT2D eigenvalue weighted by Gasteiger charge is -2.46. The quantitative estimate of drug-likeness (QED) is 0.769. The van der Waals surface area contributed by atoms with Crippen LogP contribution in [0.3, 0.4) is 0 Å². The molecule has 0 amide bonds. The van der Waals surface area contributed by atoms with Gasteiger partial charge in [0.1, 0.15) is 0 Å². The van der Waals surface area contributed by atoms with E-state index in [-0.39, 0.29) is 12.4 Å². The highest BCUT2D eigenvalue weighted by atomic mass is 35.5. The second-order valence-electron chi connectivity index (χ2n) is 6.27. The van der Waals surface area contributed by atoms with Gasteiger partial charge in [0.25, 0.3) is 0 Å². The van der Waals surface area contributed by atoms with E-state index in [1.807, 2.05) is 0 Å². The van der Waals surface area contributed by atoms with Crippen molar-refractivity contribution < 1.29 is 4.79 Å². The molecule has 1 saturated heterocycles. The van der Waals surface area contributed by atoms with Crippen LogP contribution in [0.1, 0.15) is 58.3 Å². The molecule has 1 heterocycles. The van der Waals surface area contributed by atoms with Gasteiger partial charge in [0.2, 0.25) is 0 Å². The molecule has 0 aromatic heterocycles. The highest BCUT2D eigenvalue weighted by Gasteiger charge is 2.38. The molecule has 0 aromatic carbocycles. The van der Waals surface area contributed by atoms with Gasteiger partial charge in [-0.05, 0) is 69.5 Å². The van der Waals surface area contributed by atoms with Crippen molar-refractivity contribution >= 4 is 18.2 Å². The summed E-state index contributed by atoms with van der Waals surface area (Å²) in [4.78, 5) is 14.7. The number of nitrogens with zero attached hydrogens (tertiary/aromatic N) is 1. The highest BCUT2D eigenvalue weighted by molar-refractivity contribution is 5.97. The van der Waals surface area contributed by atoms with E-state index in [0.717, 1.165) is 31.2 Å². The van der Waals surface area contributed by atoms with Crippen LogP contribution in [0.2, 0.25) is 0 Å². The lowest BCUT2D eigenvalue weighted by Crippen LogP contribution is -2.48. The number of hydrogen-bond donors (Lipinski definition) is 0. The molecule has 0 saturated carbocycles. The monoisotopic (exact) mass is 283 g/mol. The molecule has 108 valence electrons. The number of rotatable bonds is 2. The molecule has 1 fully saturated rings. The van der Waals surface area contributed by atoms with Crippen molar-refractivity contribution in [1.29, 1.82) is 0 Å². The maximum Gasteiger partial charge on any atom is 0.158 e. The summed E-state index contributed by atoms with van der Waals surface area (Å²) < 4.78 is 0. The molecule has 2 atom stereocenters. The Morgan fingerprint density at radius 1 is 1.21 bits per heavy atom. The first-order valence-corrected chi connectivity index (χ1v) is 7.77. The van der Waals surface area contributed by atoms with Gasteiger partial charge in [-0.25, -0.2) is 0 Å². The Bertz CT molecular complexity index is 375. The molecule has 19 heavy (non-hydrogen) atoms. The molecular weight excluding hydrogens is 258 g/mol. The Morgan fingerprint density at radius 3 is 2.84 bits per heavy atom. The van der Waals surface area contributed by atoms with Crippen molar-refractivity contribution in [3.63, 3.8) is 0 Å². The van der Waals surface area contributed by atoms with Crippen LogP contribution >= 0.6 is 12.4 Å². The molecule has 3 rings (SSSR count). The van der Waals surface area contributed by atoms with Crippen LogP contribution in [0.25, 0.3) is 0 Å². The van der Waals surface area contributed by atoms with Crippen molar-refractivity contribution in [2.75, 3.05) is 13.1 Å². The minimum atomic E-state index is 0. The van der Waals surface area contributed by atoms with Crippen LogP contribution in [0, 0.1) is 5.92 Å². The Labute approximate surface area is 123 Å². The number of halogens is 1. The van der Waals surface area contributed by atoms with E-state index >= 15 is 0 Å². The molecule has 0 spiro atoms. The summed E-state index contributed by atoms with van der Waals surface area (Å²) in [5.41, 5.74) is 2.77. The summed E-state index contributed by atoms with van der Waals surface area (Å²) in [6.45, 7) is 4.81. The second-order valence-corrected chi connectivity index (χ2v) is 6.27. The lowest BCUT2D eigenvalue weighted by atomic mass is 9.71. The highest BCUT2D eigenvalue weighted by Crippen LogP contribution is 2.42. The summed E-state index contributed by atoms with van der Waals surface area (Å²) in [6, 6.07) is 0.753. The van der Waals surface area contributed by atoms with Gasteiger partial charge < -0.3 is 0 Å². The Morgan fingerprint density at radius 2 is 2.05 bits per heavy atom. The molecule has 1 aliphatic heterocycles. The lowest BCUT2D eigenvalue weighted by molar-refractivity contribution is -0.116. The van der Waals surface area contributed by atoms with Gasteiger partial charge in [0, 0.05) is 12.5 Å². The van der Waals surface area contributed by atoms with E-state index in [0.29, 0.717) is 5.78 Å². The zero-order valence-corrected chi connectivity index (χ0v) is 12.8.